The SMILES string of the molecule is COC(=O)C(I)CCCc1ccc(OC)cc1OC. The highest BCUT2D eigenvalue weighted by Gasteiger charge is 2.14. The van der Waals surface area contributed by atoms with Crippen LogP contribution in [-0.2, 0) is 16.0 Å². The molecule has 4 nitrogen and oxygen atoms in total. The molecule has 106 valence electrons. The molecule has 5 heteroatoms. The molecule has 0 saturated carbocycles. The Morgan fingerprint density at radius 2 is 2.00 bits per heavy atom. The lowest BCUT2D eigenvalue weighted by atomic mass is 10.1. The van der Waals surface area contributed by atoms with Crippen LogP contribution in [0.4, 0.5) is 0 Å². The number of hydrogen-bond acceptors (Lipinski definition) is 4. The van der Waals surface area contributed by atoms with Gasteiger partial charge >= 0.3 is 5.97 Å². The van der Waals surface area contributed by atoms with Crippen LogP contribution in [0.25, 0.3) is 0 Å². The number of methoxy groups -OCH3 is 3. The molecule has 0 radical (unpaired) electrons. The van der Waals surface area contributed by atoms with Gasteiger partial charge in [0.2, 0.25) is 0 Å². The molecule has 19 heavy (non-hydrogen) atoms. The molecule has 0 bridgehead atoms. The Labute approximate surface area is 127 Å². The van der Waals surface area contributed by atoms with Crippen LogP contribution in [-0.4, -0.2) is 31.2 Å². The van der Waals surface area contributed by atoms with Gasteiger partial charge in [-0.3, -0.25) is 4.79 Å². The highest BCUT2D eigenvalue weighted by molar-refractivity contribution is 14.1. The standard InChI is InChI=1S/C14H19IO4/c1-17-11-8-7-10(13(9-11)18-2)5-4-6-12(15)14(16)19-3/h7-9,12H,4-6H2,1-3H3. The summed E-state index contributed by atoms with van der Waals surface area (Å²) in [7, 11) is 4.69. The Kier molecular flexibility index (Phi) is 6.97. The van der Waals surface area contributed by atoms with Crippen LogP contribution in [0.1, 0.15) is 18.4 Å². The third-order valence-electron chi connectivity index (χ3n) is 2.85. The van der Waals surface area contributed by atoms with Gasteiger partial charge in [0.15, 0.2) is 0 Å². The van der Waals surface area contributed by atoms with Crippen LogP contribution in [0.5, 0.6) is 11.5 Å². The lowest BCUT2D eigenvalue weighted by Gasteiger charge is -2.11. The highest BCUT2D eigenvalue weighted by Crippen LogP contribution is 2.26. The number of esters is 1. The zero-order chi connectivity index (χ0) is 14.3. The van der Waals surface area contributed by atoms with E-state index < -0.39 is 0 Å². The number of aryl methyl sites for hydroxylation is 1. The molecule has 1 unspecified atom stereocenters. The number of ether oxygens (including phenoxy) is 3. The summed E-state index contributed by atoms with van der Waals surface area (Å²) in [6.07, 6.45) is 2.57. The molecule has 1 atom stereocenters. The molecule has 1 rings (SSSR count). The van der Waals surface area contributed by atoms with E-state index >= 15 is 0 Å². The van der Waals surface area contributed by atoms with Crippen LogP contribution >= 0.6 is 22.6 Å². The molecular weight excluding hydrogens is 359 g/mol. The van der Waals surface area contributed by atoms with Crippen molar-refractivity contribution in [3.8, 4) is 11.5 Å². The summed E-state index contributed by atoms with van der Waals surface area (Å²) in [5, 5.41) is 0. The second kappa shape index (κ2) is 8.24. The van der Waals surface area contributed by atoms with Crippen molar-refractivity contribution in [2.45, 2.75) is 23.2 Å². The van der Waals surface area contributed by atoms with Gasteiger partial charge < -0.3 is 14.2 Å². The van der Waals surface area contributed by atoms with Gasteiger partial charge in [-0.15, -0.1) is 0 Å². The van der Waals surface area contributed by atoms with E-state index in [1.165, 1.54) is 7.11 Å². The van der Waals surface area contributed by atoms with Gasteiger partial charge in [0.05, 0.1) is 21.3 Å². The molecule has 0 fully saturated rings. The van der Waals surface area contributed by atoms with Gasteiger partial charge in [-0.25, -0.2) is 0 Å². The van der Waals surface area contributed by atoms with E-state index in [4.69, 9.17) is 14.2 Å². The summed E-state index contributed by atoms with van der Waals surface area (Å²) in [4.78, 5) is 11.3. The van der Waals surface area contributed by atoms with Gasteiger partial charge in [0, 0.05) is 6.07 Å². The molecule has 0 aliphatic carbocycles. The van der Waals surface area contributed by atoms with Crippen LogP contribution in [0.15, 0.2) is 18.2 Å². The molecule has 0 N–H and O–H groups in total. The Hall–Kier alpha value is -0.980. The van der Waals surface area contributed by atoms with Crippen molar-refractivity contribution in [1.29, 1.82) is 0 Å². The zero-order valence-corrected chi connectivity index (χ0v) is 13.6. The van der Waals surface area contributed by atoms with E-state index in [0.717, 1.165) is 36.3 Å². The number of alkyl halides is 1. The van der Waals surface area contributed by atoms with Gasteiger partial charge in [0.25, 0.3) is 0 Å². The predicted molar refractivity (Wildman–Crippen MR) is 82.3 cm³/mol. The normalized spacial score (nSPS) is 11.8. The third kappa shape index (κ3) is 4.89. The summed E-state index contributed by atoms with van der Waals surface area (Å²) in [5.74, 6) is 1.44. The minimum atomic E-state index is -0.165. The molecule has 1 aromatic rings. The Morgan fingerprint density at radius 1 is 1.26 bits per heavy atom. The molecule has 0 aromatic heterocycles. The average molecular weight is 378 g/mol. The van der Waals surface area contributed by atoms with Gasteiger partial charge in [-0.1, -0.05) is 28.7 Å². The summed E-state index contributed by atoms with van der Waals surface area (Å²) < 4.78 is 15.1. The summed E-state index contributed by atoms with van der Waals surface area (Å²) in [6, 6.07) is 5.79. The van der Waals surface area contributed by atoms with Crippen molar-refractivity contribution in [3.63, 3.8) is 0 Å². The number of carbonyl (C=O) groups is 1. The lowest BCUT2D eigenvalue weighted by molar-refractivity contribution is -0.139. The summed E-state index contributed by atoms with van der Waals surface area (Å²) in [6.45, 7) is 0. The molecule has 0 aliphatic heterocycles. The van der Waals surface area contributed by atoms with Crippen molar-refractivity contribution in [2.24, 2.45) is 0 Å². The molecule has 0 amide bonds. The Balaban J connectivity index is 2.55. The fourth-order valence-electron chi connectivity index (χ4n) is 1.78. The van der Waals surface area contributed by atoms with Crippen LogP contribution in [0.3, 0.4) is 0 Å². The molecule has 0 aliphatic rings. The zero-order valence-electron chi connectivity index (χ0n) is 11.4. The molecule has 0 heterocycles. The van der Waals surface area contributed by atoms with Gasteiger partial charge in [-0.2, -0.15) is 0 Å². The number of carbonyl (C=O) groups excluding carboxylic acids is 1. The Morgan fingerprint density at radius 3 is 2.58 bits per heavy atom. The first-order valence-corrected chi connectivity index (χ1v) is 7.29. The molecule has 0 saturated heterocycles. The number of hydrogen-bond donors (Lipinski definition) is 0. The molecular formula is C14H19IO4. The first-order chi connectivity index (χ1) is 9.12. The van der Waals surface area contributed by atoms with Crippen molar-refractivity contribution < 1.29 is 19.0 Å². The van der Waals surface area contributed by atoms with E-state index in [1.807, 2.05) is 18.2 Å². The maximum atomic E-state index is 11.3. The number of halogens is 1. The van der Waals surface area contributed by atoms with Gasteiger partial charge in [-0.05, 0) is 30.9 Å². The van der Waals surface area contributed by atoms with Crippen molar-refractivity contribution in [2.75, 3.05) is 21.3 Å². The second-order valence-corrected chi connectivity index (χ2v) is 5.56. The van der Waals surface area contributed by atoms with E-state index in [2.05, 4.69) is 22.6 Å². The fraction of sp³-hybridized carbons (Fsp3) is 0.500. The van der Waals surface area contributed by atoms with Crippen LogP contribution in [0, 0.1) is 0 Å². The van der Waals surface area contributed by atoms with Crippen LogP contribution < -0.4 is 9.47 Å². The van der Waals surface area contributed by atoms with E-state index in [-0.39, 0.29) is 9.89 Å². The number of benzene rings is 1. The largest absolute Gasteiger partial charge is 0.497 e. The lowest BCUT2D eigenvalue weighted by Crippen LogP contribution is -2.15. The van der Waals surface area contributed by atoms with E-state index in [1.54, 1.807) is 14.2 Å². The minimum absolute atomic E-state index is 0.0909. The van der Waals surface area contributed by atoms with E-state index in [0.29, 0.717) is 0 Å². The van der Waals surface area contributed by atoms with Crippen molar-refractivity contribution in [1.82, 2.24) is 0 Å². The fourth-order valence-corrected chi connectivity index (χ4v) is 2.47. The highest BCUT2D eigenvalue weighted by atomic mass is 127. The molecule has 1 aromatic carbocycles. The predicted octanol–water partition coefficient (Wildman–Crippen LogP) is 3.00. The smallest absolute Gasteiger partial charge is 0.318 e. The first-order valence-electron chi connectivity index (χ1n) is 6.05. The maximum Gasteiger partial charge on any atom is 0.318 e. The number of rotatable bonds is 7. The second-order valence-electron chi connectivity index (χ2n) is 4.06. The van der Waals surface area contributed by atoms with Crippen LogP contribution in [0.2, 0.25) is 0 Å². The van der Waals surface area contributed by atoms with E-state index in [9.17, 15) is 4.79 Å². The third-order valence-corrected chi connectivity index (χ3v) is 3.99. The summed E-state index contributed by atoms with van der Waals surface area (Å²) in [5.41, 5.74) is 1.12. The Bertz CT molecular complexity index is 420. The molecule has 0 spiro atoms. The summed E-state index contributed by atoms with van der Waals surface area (Å²) >= 11 is 2.11. The van der Waals surface area contributed by atoms with Gasteiger partial charge in [0.1, 0.15) is 15.4 Å². The van der Waals surface area contributed by atoms with Crippen molar-refractivity contribution >= 4 is 28.6 Å². The quantitative estimate of drug-likeness (QED) is 0.416. The maximum absolute atomic E-state index is 11.3. The average Bonchev–Trinajstić information content (AvgIpc) is 2.46. The minimum Gasteiger partial charge on any atom is -0.497 e. The van der Waals surface area contributed by atoms with Crippen molar-refractivity contribution in [3.05, 3.63) is 23.8 Å². The first kappa shape index (κ1) is 16.1. The monoisotopic (exact) mass is 378 g/mol. The topological polar surface area (TPSA) is 44.8 Å².